The SMILES string of the molecule is COC(=O)c1ccc2c(c1)nc(Cc1ccc(-c3cccc(OCc4ccc(C#N)cc4F)n3)cc1F)n2CC1(CF)CC1. The molecule has 7 nitrogen and oxygen atoms in total. The van der Waals surface area contributed by atoms with Gasteiger partial charge in [0, 0.05) is 35.6 Å². The smallest absolute Gasteiger partial charge is 0.337 e. The molecular weight excluding hydrogens is 569 g/mol. The number of rotatable bonds is 10. The normalized spacial score (nSPS) is 13.4. The Morgan fingerprint density at radius 2 is 1.80 bits per heavy atom. The minimum absolute atomic E-state index is 0.0902. The van der Waals surface area contributed by atoms with Crippen LogP contribution in [0.1, 0.15) is 45.7 Å². The molecule has 0 unspecified atom stereocenters. The molecule has 1 fully saturated rings. The maximum atomic E-state index is 15.5. The Bertz CT molecular complexity index is 1930. The van der Waals surface area contributed by atoms with Crippen molar-refractivity contribution in [3.05, 3.63) is 113 Å². The fourth-order valence-corrected chi connectivity index (χ4v) is 5.14. The molecular formula is C34H27F3N4O3. The summed E-state index contributed by atoms with van der Waals surface area (Å²) in [5.41, 5.74) is 3.07. The van der Waals surface area contributed by atoms with E-state index in [1.54, 1.807) is 48.5 Å². The molecule has 10 heteroatoms. The van der Waals surface area contributed by atoms with E-state index >= 15 is 4.39 Å². The molecule has 1 aliphatic rings. The van der Waals surface area contributed by atoms with Crippen molar-refractivity contribution in [1.82, 2.24) is 14.5 Å². The summed E-state index contributed by atoms with van der Waals surface area (Å²) in [6, 6.07) is 20.9. The number of aromatic nitrogens is 3. The van der Waals surface area contributed by atoms with Gasteiger partial charge < -0.3 is 14.0 Å². The molecule has 3 aromatic carbocycles. The highest BCUT2D eigenvalue weighted by molar-refractivity contribution is 5.93. The number of nitriles is 1. The van der Waals surface area contributed by atoms with Crippen molar-refractivity contribution in [2.75, 3.05) is 13.8 Å². The average molecular weight is 597 g/mol. The van der Waals surface area contributed by atoms with Crippen LogP contribution in [-0.2, 0) is 24.3 Å². The zero-order chi connectivity index (χ0) is 30.8. The molecule has 2 aromatic heterocycles. The summed E-state index contributed by atoms with van der Waals surface area (Å²) in [5.74, 6) is -0.700. The van der Waals surface area contributed by atoms with Gasteiger partial charge in [0.2, 0.25) is 5.88 Å². The summed E-state index contributed by atoms with van der Waals surface area (Å²) in [4.78, 5) is 21.3. The third kappa shape index (κ3) is 5.86. The Kier molecular flexibility index (Phi) is 7.78. The van der Waals surface area contributed by atoms with Gasteiger partial charge in [-0.2, -0.15) is 5.26 Å². The molecule has 0 radical (unpaired) electrons. The van der Waals surface area contributed by atoms with Crippen LogP contribution >= 0.6 is 0 Å². The third-order valence-corrected chi connectivity index (χ3v) is 7.96. The lowest BCUT2D eigenvalue weighted by Gasteiger charge is -2.16. The summed E-state index contributed by atoms with van der Waals surface area (Å²) in [7, 11) is 1.30. The van der Waals surface area contributed by atoms with E-state index in [0.29, 0.717) is 40.3 Å². The summed E-state index contributed by atoms with van der Waals surface area (Å²) < 4.78 is 56.1. The zero-order valence-corrected chi connectivity index (χ0v) is 23.8. The second-order valence-electron chi connectivity index (χ2n) is 11.0. The van der Waals surface area contributed by atoms with E-state index in [4.69, 9.17) is 19.7 Å². The maximum Gasteiger partial charge on any atom is 0.337 e. The first kappa shape index (κ1) is 28.9. The summed E-state index contributed by atoms with van der Waals surface area (Å²) in [6.07, 6.45) is 1.69. The standard InChI is InChI=1S/C34H27F3N4O3/c1-43-33(42)24-9-10-30-29(15-24)39-31(41(30)20-34(19-35)11-12-34)16-22-7-8-23(14-27(22)37)28-3-2-4-32(40-28)44-18-25-6-5-21(17-38)13-26(25)36/h2-10,13-15H,11-12,16,18-20H2,1H3. The van der Waals surface area contributed by atoms with E-state index < -0.39 is 29.7 Å². The van der Waals surface area contributed by atoms with E-state index in [1.807, 2.05) is 10.6 Å². The average Bonchev–Trinajstić information content (AvgIpc) is 3.75. The molecule has 0 spiro atoms. The number of carbonyl (C=O) groups excluding carboxylic acids is 1. The molecule has 6 rings (SSSR count). The second-order valence-corrected chi connectivity index (χ2v) is 11.0. The Hall–Kier alpha value is -5.17. The number of esters is 1. The Balaban J connectivity index is 1.24. The van der Waals surface area contributed by atoms with Crippen molar-refractivity contribution in [1.29, 1.82) is 5.26 Å². The van der Waals surface area contributed by atoms with Gasteiger partial charge in [0.25, 0.3) is 0 Å². The lowest BCUT2D eigenvalue weighted by atomic mass is 10.0. The first-order valence-corrected chi connectivity index (χ1v) is 14.0. The van der Waals surface area contributed by atoms with Crippen LogP contribution in [0.2, 0.25) is 0 Å². The predicted molar refractivity (Wildman–Crippen MR) is 157 cm³/mol. The monoisotopic (exact) mass is 596 g/mol. The number of hydrogen-bond donors (Lipinski definition) is 0. The van der Waals surface area contributed by atoms with Crippen LogP contribution in [-0.4, -0.2) is 34.3 Å². The number of alkyl halides is 1. The molecule has 0 atom stereocenters. The Morgan fingerprint density at radius 1 is 1.00 bits per heavy atom. The lowest BCUT2D eigenvalue weighted by Crippen LogP contribution is -2.16. The van der Waals surface area contributed by atoms with Gasteiger partial charge in [-0.05, 0) is 60.9 Å². The number of ether oxygens (including phenoxy) is 2. The van der Waals surface area contributed by atoms with Crippen LogP contribution in [0.5, 0.6) is 5.88 Å². The van der Waals surface area contributed by atoms with E-state index in [-0.39, 0.29) is 30.0 Å². The molecule has 222 valence electrons. The van der Waals surface area contributed by atoms with Crippen LogP contribution in [0.3, 0.4) is 0 Å². The fourth-order valence-electron chi connectivity index (χ4n) is 5.14. The van der Waals surface area contributed by atoms with Gasteiger partial charge in [0.05, 0.1) is 47.7 Å². The van der Waals surface area contributed by atoms with Crippen molar-refractivity contribution >= 4 is 17.0 Å². The number of fused-ring (bicyclic) bond motifs is 1. The largest absolute Gasteiger partial charge is 0.473 e. The van der Waals surface area contributed by atoms with E-state index in [1.165, 1.54) is 25.3 Å². The fraction of sp³-hybridized carbons (Fsp3) is 0.235. The highest BCUT2D eigenvalue weighted by atomic mass is 19.1. The Morgan fingerprint density at radius 3 is 2.50 bits per heavy atom. The Labute approximate surface area is 251 Å². The number of benzene rings is 3. The van der Waals surface area contributed by atoms with Crippen molar-refractivity contribution in [3.8, 4) is 23.2 Å². The predicted octanol–water partition coefficient (Wildman–Crippen LogP) is 6.95. The first-order valence-electron chi connectivity index (χ1n) is 14.0. The third-order valence-electron chi connectivity index (χ3n) is 7.96. The molecule has 1 aliphatic carbocycles. The number of imidazole rings is 1. The maximum absolute atomic E-state index is 15.5. The minimum Gasteiger partial charge on any atom is -0.473 e. The van der Waals surface area contributed by atoms with Gasteiger partial charge in [0.15, 0.2) is 0 Å². The van der Waals surface area contributed by atoms with E-state index in [2.05, 4.69) is 4.98 Å². The molecule has 0 amide bonds. The van der Waals surface area contributed by atoms with Gasteiger partial charge in [-0.25, -0.2) is 23.5 Å². The van der Waals surface area contributed by atoms with Gasteiger partial charge in [-0.3, -0.25) is 4.39 Å². The number of halogens is 3. The zero-order valence-electron chi connectivity index (χ0n) is 23.8. The van der Waals surface area contributed by atoms with Gasteiger partial charge in [-0.15, -0.1) is 0 Å². The number of methoxy groups -OCH3 is 1. The summed E-state index contributed by atoms with van der Waals surface area (Å²) in [5, 5.41) is 8.92. The molecule has 0 saturated heterocycles. The topological polar surface area (TPSA) is 90.0 Å². The lowest BCUT2D eigenvalue weighted by molar-refractivity contribution is 0.0601. The molecule has 0 N–H and O–H groups in total. The van der Waals surface area contributed by atoms with Gasteiger partial charge >= 0.3 is 5.97 Å². The summed E-state index contributed by atoms with van der Waals surface area (Å²) in [6.45, 7) is -0.129. The molecule has 2 heterocycles. The van der Waals surface area contributed by atoms with Crippen molar-refractivity contribution in [2.24, 2.45) is 5.41 Å². The minimum atomic E-state index is -0.549. The number of hydrogen-bond acceptors (Lipinski definition) is 6. The molecule has 0 aliphatic heterocycles. The van der Waals surface area contributed by atoms with Crippen LogP contribution in [0.15, 0.2) is 72.8 Å². The van der Waals surface area contributed by atoms with Crippen LogP contribution in [0.4, 0.5) is 13.2 Å². The molecule has 5 aromatic rings. The molecule has 0 bridgehead atoms. The van der Waals surface area contributed by atoms with Crippen LogP contribution in [0, 0.1) is 28.4 Å². The number of pyridine rings is 1. The van der Waals surface area contributed by atoms with Crippen LogP contribution in [0.25, 0.3) is 22.3 Å². The highest BCUT2D eigenvalue weighted by Gasteiger charge is 2.43. The summed E-state index contributed by atoms with van der Waals surface area (Å²) >= 11 is 0. The van der Waals surface area contributed by atoms with Gasteiger partial charge in [-0.1, -0.05) is 24.3 Å². The van der Waals surface area contributed by atoms with Crippen LogP contribution < -0.4 is 4.74 Å². The van der Waals surface area contributed by atoms with Crippen molar-refractivity contribution in [2.45, 2.75) is 32.4 Å². The van der Waals surface area contributed by atoms with Crippen molar-refractivity contribution in [3.63, 3.8) is 0 Å². The van der Waals surface area contributed by atoms with Gasteiger partial charge in [0.1, 0.15) is 24.1 Å². The van der Waals surface area contributed by atoms with E-state index in [0.717, 1.165) is 24.4 Å². The van der Waals surface area contributed by atoms with Crippen molar-refractivity contribution < 1.29 is 27.4 Å². The number of carbonyl (C=O) groups is 1. The molecule has 1 saturated carbocycles. The quantitative estimate of drug-likeness (QED) is 0.162. The van der Waals surface area contributed by atoms with E-state index in [9.17, 15) is 13.6 Å². The second kappa shape index (κ2) is 11.8. The molecule has 44 heavy (non-hydrogen) atoms. The highest BCUT2D eigenvalue weighted by Crippen LogP contribution is 2.48. The number of nitrogens with zero attached hydrogens (tertiary/aromatic N) is 4. The first-order chi connectivity index (χ1) is 21.3.